The standard InChI is InChI=1S/C18H18ClN3O3/c19-13-4-3-7-20-17(13)21-8-10-22(11-9-21)18(23)16-12-24-14-5-1-2-6-15(14)25-16/h1-7,16H,8-12H2. The second kappa shape index (κ2) is 6.80. The van der Waals surface area contributed by atoms with E-state index >= 15 is 0 Å². The molecule has 2 aliphatic rings. The number of pyridine rings is 1. The second-order valence-electron chi connectivity index (χ2n) is 5.99. The molecule has 0 saturated carbocycles. The maximum absolute atomic E-state index is 12.7. The summed E-state index contributed by atoms with van der Waals surface area (Å²) >= 11 is 6.20. The van der Waals surface area contributed by atoms with Gasteiger partial charge in [0.05, 0.1) is 5.02 Å². The van der Waals surface area contributed by atoms with Crippen molar-refractivity contribution in [3.63, 3.8) is 0 Å². The third-order valence-corrected chi connectivity index (χ3v) is 4.71. The average molecular weight is 360 g/mol. The lowest BCUT2D eigenvalue weighted by molar-refractivity contribution is -0.141. The van der Waals surface area contributed by atoms with E-state index in [1.807, 2.05) is 41.3 Å². The fourth-order valence-corrected chi connectivity index (χ4v) is 3.33. The molecule has 1 fully saturated rings. The van der Waals surface area contributed by atoms with Crippen molar-refractivity contribution in [2.75, 3.05) is 37.7 Å². The minimum Gasteiger partial charge on any atom is -0.485 e. The minimum absolute atomic E-state index is 0.0405. The van der Waals surface area contributed by atoms with Gasteiger partial charge in [0.1, 0.15) is 12.4 Å². The zero-order chi connectivity index (χ0) is 17.2. The zero-order valence-corrected chi connectivity index (χ0v) is 14.4. The van der Waals surface area contributed by atoms with Crippen LogP contribution < -0.4 is 14.4 Å². The molecule has 1 aromatic heterocycles. The lowest BCUT2D eigenvalue weighted by atomic mass is 10.2. The number of halogens is 1. The molecule has 130 valence electrons. The predicted molar refractivity (Wildman–Crippen MR) is 94.4 cm³/mol. The maximum Gasteiger partial charge on any atom is 0.267 e. The number of carbonyl (C=O) groups is 1. The first-order valence-electron chi connectivity index (χ1n) is 8.25. The fourth-order valence-electron chi connectivity index (χ4n) is 3.09. The summed E-state index contributed by atoms with van der Waals surface area (Å²) in [4.78, 5) is 21.0. The largest absolute Gasteiger partial charge is 0.485 e. The van der Waals surface area contributed by atoms with Gasteiger partial charge in [-0.05, 0) is 24.3 Å². The van der Waals surface area contributed by atoms with Gasteiger partial charge in [0.25, 0.3) is 5.91 Å². The molecular weight excluding hydrogens is 342 g/mol. The Bertz CT molecular complexity index is 778. The summed E-state index contributed by atoms with van der Waals surface area (Å²) in [5.41, 5.74) is 0. The molecule has 6 nitrogen and oxygen atoms in total. The summed E-state index contributed by atoms with van der Waals surface area (Å²) in [6.07, 6.45) is 1.13. The second-order valence-corrected chi connectivity index (χ2v) is 6.39. The molecule has 3 heterocycles. The Balaban J connectivity index is 1.38. The molecule has 0 bridgehead atoms. The number of hydrogen-bond acceptors (Lipinski definition) is 5. The van der Waals surface area contributed by atoms with Crippen LogP contribution in [0.15, 0.2) is 42.6 Å². The van der Waals surface area contributed by atoms with E-state index in [1.165, 1.54) is 0 Å². The first-order valence-corrected chi connectivity index (χ1v) is 8.63. The number of ether oxygens (including phenoxy) is 2. The van der Waals surface area contributed by atoms with Crippen molar-refractivity contribution in [3.8, 4) is 11.5 Å². The van der Waals surface area contributed by atoms with Crippen molar-refractivity contribution in [2.24, 2.45) is 0 Å². The van der Waals surface area contributed by atoms with Crippen LogP contribution in [0.4, 0.5) is 5.82 Å². The molecule has 1 saturated heterocycles. The van der Waals surface area contributed by atoms with Gasteiger partial charge in [0, 0.05) is 32.4 Å². The molecule has 7 heteroatoms. The highest BCUT2D eigenvalue weighted by Crippen LogP contribution is 2.31. The summed E-state index contributed by atoms with van der Waals surface area (Å²) in [5, 5.41) is 0.628. The van der Waals surface area contributed by atoms with Crippen LogP contribution in [-0.4, -0.2) is 54.7 Å². The topological polar surface area (TPSA) is 54.9 Å². The van der Waals surface area contributed by atoms with E-state index in [1.54, 1.807) is 6.20 Å². The summed E-state index contributed by atoms with van der Waals surface area (Å²) in [6.45, 7) is 2.82. The molecule has 0 N–H and O–H groups in total. The van der Waals surface area contributed by atoms with Crippen molar-refractivity contribution in [1.29, 1.82) is 0 Å². The molecule has 0 radical (unpaired) electrons. The van der Waals surface area contributed by atoms with Gasteiger partial charge < -0.3 is 19.3 Å². The molecule has 0 aliphatic carbocycles. The number of anilines is 1. The highest BCUT2D eigenvalue weighted by atomic mass is 35.5. The van der Waals surface area contributed by atoms with Gasteiger partial charge >= 0.3 is 0 Å². The Hall–Kier alpha value is -2.47. The molecule has 2 aromatic rings. The number of carbonyl (C=O) groups excluding carboxylic acids is 1. The van der Waals surface area contributed by atoms with Crippen LogP contribution in [0, 0.1) is 0 Å². The molecule has 1 amide bonds. The number of hydrogen-bond donors (Lipinski definition) is 0. The molecule has 4 rings (SSSR count). The number of para-hydroxylation sites is 2. The van der Waals surface area contributed by atoms with Crippen LogP contribution in [0.1, 0.15) is 0 Å². The lowest BCUT2D eigenvalue weighted by Gasteiger charge is -2.37. The van der Waals surface area contributed by atoms with E-state index in [9.17, 15) is 4.79 Å². The number of piperazine rings is 1. The van der Waals surface area contributed by atoms with Crippen molar-refractivity contribution >= 4 is 23.3 Å². The van der Waals surface area contributed by atoms with Crippen molar-refractivity contribution in [1.82, 2.24) is 9.88 Å². The number of fused-ring (bicyclic) bond motifs is 1. The lowest BCUT2D eigenvalue weighted by Crippen LogP contribution is -2.54. The van der Waals surface area contributed by atoms with Gasteiger partial charge in [-0.3, -0.25) is 4.79 Å². The number of benzene rings is 1. The van der Waals surface area contributed by atoms with Gasteiger partial charge in [-0.1, -0.05) is 23.7 Å². The van der Waals surface area contributed by atoms with E-state index in [4.69, 9.17) is 21.1 Å². The van der Waals surface area contributed by atoms with Crippen molar-refractivity contribution < 1.29 is 14.3 Å². The first kappa shape index (κ1) is 16.0. The van der Waals surface area contributed by atoms with Crippen LogP contribution in [0.5, 0.6) is 11.5 Å². The SMILES string of the molecule is O=C(C1COc2ccccc2O1)N1CCN(c2ncccc2Cl)CC1. The molecule has 1 unspecified atom stereocenters. The smallest absolute Gasteiger partial charge is 0.267 e. The number of rotatable bonds is 2. The van der Waals surface area contributed by atoms with Crippen LogP contribution in [0.25, 0.3) is 0 Å². The predicted octanol–water partition coefficient (Wildman–Crippen LogP) is 2.22. The summed E-state index contributed by atoms with van der Waals surface area (Å²) in [7, 11) is 0. The van der Waals surface area contributed by atoms with Crippen LogP contribution in [-0.2, 0) is 4.79 Å². The van der Waals surface area contributed by atoms with Crippen LogP contribution >= 0.6 is 11.6 Å². The number of amides is 1. The molecule has 1 atom stereocenters. The van der Waals surface area contributed by atoms with E-state index in [0.717, 1.165) is 5.82 Å². The first-order chi connectivity index (χ1) is 12.2. The summed E-state index contributed by atoms with van der Waals surface area (Å²) < 4.78 is 11.5. The quantitative estimate of drug-likeness (QED) is 0.823. The Labute approximate surface area is 150 Å². The zero-order valence-electron chi connectivity index (χ0n) is 13.6. The van der Waals surface area contributed by atoms with E-state index < -0.39 is 6.10 Å². The average Bonchev–Trinajstić information content (AvgIpc) is 2.67. The highest BCUT2D eigenvalue weighted by Gasteiger charge is 2.33. The van der Waals surface area contributed by atoms with Gasteiger partial charge in [-0.15, -0.1) is 0 Å². The third-order valence-electron chi connectivity index (χ3n) is 4.41. The normalized spacial score (nSPS) is 19.6. The van der Waals surface area contributed by atoms with E-state index in [0.29, 0.717) is 42.7 Å². The minimum atomic E-state index is -0.597. The van der Waals surface area contributed by atoms with Crippen molar-refractivity contribution in [2.45, 2.75) is 6.10 Å². The fraction of sp³-hybridized carbons (Fsp3) is 0.333. The molecule has 2 aliphatic heterocycles. The van der Waals surface area contributed by atoms with Crippen molar-refractivity contribution in [3.05, 3.63) is 47.6 Å². The Kier molecular flexibility index (Phi) is 4.36. The van der Waals surface area contributed by atoms with Crippen LogP contribution in [0.3, 0.4) is 0 Å². The third kappa shape index (κ3) is 3.22. The highest BCUT2D eigenvalue weighted by molar-refractivity contribution is 6.32. The Morgan fingerprint density at radius 1 is 1.08 bits per heavy atom. The van der Waals surface area contributed by atoms with E-state index in [-0.39, 0.29) is 12.5 Å². The number of nitrogens with zero attached hydrogens (tertiary/aromatic N) is 3. The summed E-state index contributed by atoms with van der Waals surface area (Å²) in [6, 6.07) is 11.0. The van der Waals surface area contributed by atoms with Gasteiger partial charge in [-0.2, -0.15) is 0 Å². The van der Waals surface area contributed by atoms with Crippen LogP contribution in [0.2, 0.25) is 5.02 Å². The van der Waals surface area contributed by atoms with E-state index in [2.05, 4.69) is 9.88 Å². The Morgan fingerprint density at radius 2 is 1.84 bits per heavy atom. The Morgan fingerprint density at radius 3 is 2.60 bits per heavy atom. The molecule has 1 aromatic carbocycles. The number of aromatic nitrogens is 1. The molecule has 25 heavy (non-hydrogen) atoms. The van der Waals surface area contributed by atoms with Gasteiger partial charge in [0.2, 0.25) is 6.10 Å². The molecule has 0 spiro atoms. The van der Waals surface area contributed by atoms with Gasteiger partial charge in [0.15, 0.2) is 11.5 Å². The summed E-state index contributed by atoms with van der Waals surface area (Å²) in [5.74, 6) is 2.02. The monoisotopic (exact) mass is 359 g/mol. The van der Waals surface area contributed by atoms with Gasteiger partial charge in [-0.25, -0.2) is 4.98 Å². The maximum atomic E-state index is 12.7. The molecular formula is C18H18ClN3O3.